The lowest BCUT2D eigenvalue weighted by atomic mass is 10.1. The van der Waals surface area contributed by atoms with E-state index in [-0.39, 0.29) is 11.6 Å². The average Bonchev–Trinajstić information content (AvgIpc) is 3.11. The first-order valence-electron chi connectivity index (χ1n) is 8.64. The summed E-state index contributed by atoms with van der Waals surface area (Å²) in [5.41, 5.74) is 2.96. The first-order chi connectivity index (χ1) is 13.9. The molecule has 1 heterocycles. The third kappa shape index (κ3) is 3.83. The Hall–Kier alpha value is -3.29. The number of nitrogens with one attached hydrogen (secondary N) is 1. The predicted molar refractivity (Wildman–Crippen MR) is 116 cm³/mol. The number of thiazole rings is 1. The molecule has 0 aliphatic heterocycles. The van der Waals surface area contributed by atoms with Crippen LogP contribution < -0.4 is 5.32 Å². The zero-order valence-corrected chi connectivity index (χ0v) is 16.8. The molecular weight excluding hydrogens is 410 g/mol. The minimum Gasteiger partial charge on any atom is -0.322 e. The minimum atomic E-state index is -0.475. The van der Waals surface area contributed by atoms with E-state index < -0.39 is 4.92 Å². The number of rotatable bonds is 4. The van der Waals surface area contributed by atoms with Crippen LogP contribution in [0.5, 0.6) is 0 Å². The molecule has 1 amide bonds. The van der Waals surface area contributed by atoms with Gasteiger partial charge in [0.1, 0.15) is 5.01 Å². The number of para-hydroxylation sites is 1. The SMILES string of the molecule is Cc1cc(C(=O)Nc2ccc(-c3nc4ccccc4s3)c(Cl)c2)ccc1[N+](=O)[O-]. The third-order valence-electron chi connectivity index (χ3n) is 4.41. The summed E-state index contributed by atoms with van der Waals surface area (Å²) >= 11 is 7.99. The van der Waals surface area contributed by atoms with Crippen LogP contribution in [0.3, 0.4) is 0 Å². The molecule has 3 aromatic carbocycles. The lowest BCUT2D eigenvalue weighted by molar-refractivity contribution is -0.385. The van der Waals surface area contributed by atoms with Crippen LogP contribution in [0.15, 0.2) is 60.7 Å². The highest BCUT2D eigenvalue weighted by Gasteiger charge is 2.15. The smallest absolute Gasteiger partial charge is 0.272 e. The second kappa shape index (κ2) is 7.62. The number of nitro groups is 1. The topological polar surface area (TPSA) is 85.1 Å². The van der Waals surface area contributed by atoms with Crippen molar-refractivity contribution in [2.45, 2.75) is 6.92 Å². The number of aromatic nitrogens is 1. The van der Waals surface area contributed by atoms with Crippen LogP contribution in [0.1, 0.15) is 15.9 Å². The van der Waals surface area contributed by atoms with Gasteiger partial charge in [0.2, 0.25) is 0 Å². The molecule has 0 saturated carbocycles. The molecule has 1 N–H and O–H groups in total. The van der Waals surface area contributed by atoms with Gasteiger partial charge in [0, 0.05) is 28.4 Å². The summed E-state index contributed by atoms with van der Waals surface area (Å²) in [5, 5.41) is 15.0. The van der Waals surface area contributed by atoms with E-state index in [9.17, 15) is 14.9 Å². The van der Waals surface area contributed by atoms with E-state index >= 15 is 0 Å². The second-order valence-electron chi connectivity index (χ2n) is 6.39. The van der Waals surface area contributed by atoms with Gasteiger partial charge in [-0.3, -0.25) is 14.9 Å². The number of carbonyl (C=O) groups excluding carboxylic acids is 1. The number of benzene rings is 3. The second-order valence-corrected chi connectivity index (χ2v) is 7.83. The van der Waals surface area contributed by atoms with Crippen molar-refractivity contribution >= 4 is 50.4 Å². The molecule has 29 heavy (non-hydrogen) atoms. The minimum absolute atomic E-state index is 0.0233. The van der Waals surface area contributed by atoms with Gasteiger partial charge in [-0.15, -0.1) is 11.3 Å². The number of hydrogen-bond donors (Lipinski definition) is 1. The van der Waals surface area contributed by atoms with E-state index in [0.29, 0.717) is 21.8 Å². The number of hydrogen-bond acceptors (Lipinski definition) is 5. The molecule has 0 radical (unpaired) electrons. The van der Waals surface area contributed by atoms with Crippen molar-refractivity contribution in [3.05, 3.63) is 86.9 Å². The number of halogens is 1. The van der Waals surface area contributed by atoms with E-state index in [1.54, 1.807) is 30.4 Å². The summed E-state index contributed by atoms with van der Waals surface area (Å²) in [4.78, 5) is 27.6. The summed E-state index contributed by atoms with van der Waals surface area (Å²) in [6.45, 7) is 1.60. The molecule has 4 aromatic rings. The lowest BCUT2D eigenvalue weighted by Gasteiger charge is -2.08. The Morgan fingerprint density at radius 1 is 1.14 bits per heavy atom. The van der Waals surface area contributed by atoms with Crippen LogP contribution in [-0.4, -0.2) is 15.8 Å². The molecule has 8 heteroatoms. The fraction of sp³-hybridized carbons (Fsp3) is 0.0476. The summed E-state index contributed by atoms with van der Waals surface area (Å²) in [6, 6.07) is 17.3. The molecule has 144 valence electrons. The number of aryl methyl sites for hydroxylation is 1. The Balaban J connectivity index is 1.57. The number of nitro benzene ring substituents is 1. The van der Waals surface area contributed by atoms with E-state index in [1.807, 2.05) is 30.3 Å². The quantitative estimate of drug-likeness (QED) is 0.318. The highest BCUT2D eigenvalue weighted by molar-refractivity contribution is 7.21. The number of carbonyl (C=O) groups is 1. The van der Waals surface area contributed by atoms with Gasteiger partial charge in [0.15, 0.2) is 0 Å². The predicted octanol–water partition coefficient (Wildman–Crippen LogP) is 6.09. The first kappa shape index (κ1) is 19.0. The van der Waals surface area contributed by atoms with Crippen molar-refractivity contribution in [3.8, 4) is 10.6 Å². The molecule has 0 bridgehead atoms. The van der Waals surface area contributed by atoms with Crippen molar-refractivity contribution in [3.63, 3.8) is 0 Å². The van der Waals surface area contributed by atoms with Gasteiger partial charge < -0.3 is 5.32 Å². The normalized spacial score (nSPS) is 10.8. The Labute approximate surface area is 174 Å². The zero-order valence-electron chi connectivity index (χ0n) is 15.2. The maximum absolute atomic E-state index is 12.5. The van der Waals surface area contributed by atoms with Crippen LogP contribution in [0.2, 0.25) is 5.02 Å². The molecule has 0 spiro atoms. The molecule has 0 fully saturated rings. The molecule has 0 aliphatic carbocycles. The number of amides is 1. The van der Waals surface area contributed by atoms with E-state index in [1.165, 1.54) is 18.2 Å². The zero-order chi connectivity index (χ0) is 20.5. The summed E-state index contributed by atoms with van der Waals surface area (Å²) < 4.78 is 1.07. The molecular formula is C21H14ClN3O3S. The van der Waals surface area contributed by atoms with Crippen LogP contribution in [0.4, 0.5) is 11.4 Å². The van der Waals surface area contributed by atoms with Crippen molar-refractivity contribution in [2.75, 3.05) is 5.32 Å². The highest BCUT2D eigenvalue weighted by Crippen LogP contribution is 2.35. The monoisotopic (exact) mass is 423 g/mol. The largest absolute Gasteiger partial charge is 0.322 e. The van der Waals surface area contributed by atoms with Gasteiger partial charge >= 0.3 is 0 Å². The van der Waals surface area contributed by atoms with Crippen molar-refractivity contribution in [1.82, 2.24) is 4.98 Å². The van der Waals surface area contributed by atoms with Gasteiger partial charge in [-0.25, -0.2) is 4.98 Å². The third-order valence-corrected chi connectivity index (χ3v) is 5.79. The van der Waals surface area contributed by atoms with Crippen molar-refractivity contribution < 1.29 is 9.72 Å². The lowest BCUT2D eigenvalue weighted by Crippen LogP contribution is -2.12. The van der Waals surface area contributed by atoms with E-state index in [0.717, 1.165) is 20.8 Å². The van der Waals surface area contributed by atoms with Gasteiger partial charge in [0.25, 0.3) is 11.6 Å². The van der Waals surface area contributed by atoms with Crippen LogP contribution >= 0.6 is 22.9 Å². The van der Waals surface area contributed by atoms with Gasteiger partial charge in [0.05, 0.1) is 20.2 Å². The van der Waals surface area contributed by atoms with Crippen LogP contribution in [0, 0.1) is 17.0 Å². The molecule has 0 saturated heterocycles. The number of nitrogens with zero attached hydrogens (tertiary/aromatic N) is 2. The number of fused-ring (bicyclic) bond motifs is 1. The van der Waals surface area contributed by atoms with E-state index in [2.05, 4.69) is 10.3 Å². The summed E-state index contributed by atoms with van der Waals surface area (Å²) in [7, 11) is 0. The fourth-order valence-corrected chi connectivity index (χ4v) is 4.29. The summed E-state index contributed by atoms with van der Waals surface area (Å²) in [5.74, 6) is -0.369. The van der Waals surface area contributed by atoms with Gasteiger partial charge in [-0.1, -0.05) is 23.7 Å². The molecule has 6 nitrogen and oxygen atoms in total. The van der Waals surface area contributed by atoms with Crippen molar-refractivity contribution in [2.24, 2.45) is 0 Å². The fourth-order valence-electron chi connectivity index (χ4n) is 2.96. The molecule has 1 aromatic heterocycles. The Morgan fingerprint density at radius 2 is 1.93 bits per heavy atom. The maximum atomic E-state index is 12.5. The Kier molecular flexibility index (Phi) is 5.00. The van der Waals surface area contributed by atoms with Crippen molar-refractivity contribution in [1.29, 1.82) is 0 Å². The van der Waals surface area contributed by atoms with Crippen LogP contribution in [-0.2, 0) is 0 Å². The molecule has 0 unspecified atom stereocenters. The van der Waals surface area contributed by atoms with Crippen LogP contribution in [0.25, 0.3) is 20.8 Å². The van der Waals surface area contributed by atoms with Gasteiger partial charge in [-0.2, -0.15) is 0 Å². The van der Waals surface area contributed by atoms with Gasteiger partial charge in [-0.05, 0) is 49.4 Å². The maximum Gasteiger partial charge on any atom is 0.272 e. The van der Waals surface area contributed by atoms with E-state index in [4.69, 9.17) is 11.6 Å². The first-order valence-corrected chi connectivity index (χ1v) is 9.84. The Morgan fingerprint density at radius 3 is 2.62 bits per heavy atom. The Bertz CT molecular complexity index is 1240. The molecule has 0 atom stereocenters. The highest BCUT2D eigenvalue weighted by atomic mass is 35.5. The standard InChI is InChI=1S/C21H14ClN3O3S/c1-12-10-13(6-9-18(12)25(27)28)20(26)23-14-7-8-15(16(22)11-14)21-24-17-4-2-3-5-19(17)29-21/h2-11H,1H3,(H,23,26). The molecule has 4 rings (SSSR count). The average molecular weight is 424 g/mol. The molecule has 0 aliphatic rings. The number of anilines is 1. The summed E-state index contributed by atoms with van der Waals surface area (Å²) in [6.07, 6.45) is 0.